The van der Waals surface area contributed by atoms with Crippen LogP contribution in [-0.2, 0) is 16.0 Å². The third kappa shape index (κ3) is 3.90. The van der Waals surface area contributed by atoms with Crippen LogP contribution in [0.4, 0.5) is 0 Å². The monoisotopic (exact) mass is 235 g/mol. The van der Waals surface area contributed by atoms with Crippen LogP contribution in [-0.4, -0.2) is 23.0 Å². The molecule has 0 saturated carbocycles. The highest BCUT2D eigenvalue weighted by Gasteiger charge is 2.14. The van der Waals surface area contributed by atoms with Gasteiger partial charge < -0.3 is 10.4 Å². The number of nitrogens with one attached hydrogen (secondary N) is 1. The fourth-order valence-electron chi connectivity index (χ4n) is 1.45. The number of carbonyl (C=O) groups is 2. The lowest BCUT2D eigenvalue weighted by Crippen LogP contribution is -2.39. The van der Waals surface area contributed by atoms with Crippen LogP contribution in [0.15, 0.2) is 18.2 Å². The van der Waals surface area contributed by atoms with E-state index in [1.807, 2.05) is 32.0 Å². The molecule has 1 aromatic rings. The van der Waals surface area contributed by atoms with Crippen LogP contribution in [0.25, 0.3) is 0 Å². The second kappa shape index (κ2) is 5.48. The molecular weight excluding hydrogens is 218 g/mol. The van der Waals surface area contributed by atoms with Crippen molar-refractivity contribution in [3.63, 3.8) is 0 Å². The topological polar surface area (TPSA) is 66.4 Å². The Labute approximate surface area is 101 Å². The maximum Gasteiger partial charge on any atom is 0.325 e. The van der Waals surface area contributed by atoms with Gasteiger partial charge in [-0.2, -0.15) is 0 Å². The van der Waals surface area contributed by atoms with Crippen molar-refractivity contribution in [2.75, 3.05) is 0 Å². The number of benzene rings is 1. The standard InChI is InChI=1S/C13H17NO3/c1-8-4-5-11(6-9(8)2)7-12(15)14-10(3)13(16)17/h4-6,10H,7H2,1-3H3,(H,14,15)(H,16,17)/t10-/m1/s1. The molecule has 1 amide bonds. The minimum Gasteiger partial charge on any atom is -0.480 e. The van der Waals surface area contributed by atoms with Crippen molar-refractivity contribution >= 4 is 11.9 Å². The minimum atomic E-state index is -1.03. The first kappa shape index (κ1) is 13.2. The Balaban J connectivity index is 2.62. The van der Waals surface area contributed by atoms with Crippen molar-refractivity contribution in [1.29, 1.82) is 0 Å². The quantitative estimate of drug-likeness (QED) is 0.829. The summed E-state index contributed by atoms with van der Waals surface area (Å²) >= 11 is 0. The third-order valence-corrected chi connectivity index (χ3v) is 2.68. The number of carbonyl (C=O) groups excluding carboxylic acids is 1. The van der Waals surface area contributed by atoms with E-state index in [9.17, 15) is 9.59 Å². The summed E-state index contributed by atoms with van der Waals surface area (Å²) in [5.74, 6) is -1.30. The fourth-order valence-corrected chi connectivity index (χ4v) is 1.45. The van der Waals surface area contributed by atoms with E-state index in [1.54, 1.807) is 0 Å². The molecule has 0 saturated heterocycles. The van der Waals surface area contributed by atoms with Crippen LogP contribution in [0.5, 0.6) is 0 Å². The molecule has 0 fully saturated rings. The molecule has 4 heteroatoms. The van der Waals surface area contributed by atoms with Gasteiger partial charge in [0.2, 0.25) is 5.91 Å². The molecule has 0 aromatic heterocycles. The highest BCUT2D eigenvalue weighted by atomic mass is 16.4. The van der Waals surface area contributed by atoms with Crippen molar-refractivity contribution in [1.82, 2.24) is 5.32 Å². The normalized spacial score (nSPS) is 11.9. The van der Waals surface area contributed by atoms with E-state index in [4.69, 9.17) is 5.11 Å². The molecule has 17 heavy (non-hydrogen) atoms. The van der Waals surface area contributed by atoms with Gasteiger partial charge in [0.1, 0.15) is 6.04 Å². The van der Waals surface area contributed by atoms with Crippen LogP contribution >= 0.6 is 0 Å². The predicted molar refractivity (Wildman–Crippen MR) is 64.9 cm³/mol. The van der Waals surface area contributed by atoms with Crippen LogP contribution in [0.2, 0.25) is 0 Å². The Hall–Kier alpha value is -1.84. The number of amides is 1. The molecule has 0 bridgehead atoms. The zero-order valence-electron chi connectivity index (χ0n) is 10.3. The Morgan fingerprint density at radius 2 is 1.94 bits per heavy atom. The molecular formula is C13H17NO3. The Morgan fingerprint density at radius 1 is 1.29 bits per heavy atom. The van der Waals surface area contributed by atoms with Crippen molar-refractivity contribution < 1.29 is 14.7 Å². The maximum absolute atomic E-state index is 11.5. The average Bonchev–Trinajstić information content (AvgIpc) is 2.23. The van der Waals surface area contributed by atoms with Gasteiger partial charge in [0.05, 0.1) is 6.42 Å². The van der Waals surface area contributed by atoms with E-state index in [-0.39, 0.29) is 12.3 Å². The molecule has 1 atom stereocenters. The summed E-state index contributed by atoms with van der Waals surface area (Å²) in [6.07, 6.45) is 0.207. The minimum absolute atomic E-state index is 0.207. The number of carboxylic acid groups (broad SMARTS) is 1. The summed E-state index contributed by atoms with van der Waals surface area (Å²) in [5.41, 5.74) is 3.19. The number of carboxylic acids is 1. The van der Waals surface area contributed by atoms with Crippen molar-refractivity contribution in [2.24, 2.45) is 0 Å². The number of aryl methyl sites for hydroxylation is 2. The molecule has 0 unspecified atom stereocenters. The van der Waals surface area contributed by atoms with Crippen molar-refractivity contribution in [2.45, 2.75) is 33.2 Å². The molecule has 0 heterocycles. The number of rotatable bonds is 4. The first-order chi connectivity index (χ1) is 7.90. The van der Waals surface area contributed by atoms with Crippen LogP contribution < -0.4 is 5.32 Å². The SMILES string of the molecule is Cc1ccc(CC(=O)N[C@H](C)C(=O)O)cc1C. The molecule has 0 radical (unpaired) electrons. The molecule has 4 nitrogen and oxygen atoms in total. The Kier molecular flexibility index (Phi) is 4.26. The third-order valence-electron chi connectivity index (χ3n) is 2.68. The molecule has 0 aliphatic carbocycles. The molecule has 92 valence electrons. The number of hydrogen-bond acceptors (Lipinski definition) is 2. The molecule has 1 aromatic carbocycles. The second-order valence-corrected chi connectivity index (χ2v) is 4.22. The van der Waals surface area contributed by atoms with Gasteiger partial charge in [-0.25, -0.2) is 0 Å². The summed E-state index contributed by atoms with van der Waals surface area (Å²) in [6.45, 7) is 5.43. The Morgan fingerprint density at radius 3 is 2.47 bits per heavy atom. The molecule has 0 aliphatic heterocycles. The molecule has 2 N–H and O–H groups in total. The van der Waals surface area contributed by atoms with E-state index in [1.165, 1.54) is 12.5 Å². The van der Waals surface area contributed by atoms with E-state index >= 15 is 0 Å². The first-order valence-corrected chi connectivity index (χ1v) is 5.48. The summed E-state index contributed by atoms with van der Waals surface area (Å²) in [7, 11) is 0. The lowest BCUT2D eigenvalue weighted by Gasteiger charge is -2.10. The smallest absolute Gasteiger partial charge is 0.325 e. The van der Waals surface area contributed by atoms with Gasteiger partial charge in [-0.1, -0.05) is 18.2 Å². The van der Waals surface area contributed by atoms with Gasteiger partial charge in [-0.05, 0) is 37.5 Å². The molecule has 0 spiro atoms. The van der Waals surface area contributed by atoms with Crippen LogP contribution in [0, 0.1) is 13.8 Å². The summed E-state index contributed by atoms with van der Waals surface area (Å²) < 4.78 is 0. The van der Waals surface area contributed by atoms with Gasteiger partial charge in [0, 0.05) is 0 Å². The van der Waals surface area contributed by atoms with E-state index < -0.39 is 12.0 Å². The Bertz CT molecular complexity index is 440. The summed E-state index contributed by atoms with van der Waals surface area (Å²) in [5, 5.41) is 11.1. The van der Waals surface area contributed by atoms with E-state index in [0.717, 1.165) is 11.1 Å². The van der Waals surface area contributed by atoms with Gasteiger partial charge >= 0.3 is 5.97 Å². The van der Waals surface area contributed by atoms with Crippen LogP contribution in [0.3, 0.4) is 0 Å². The summed E-state index contributed by atoms with van der Waals surface area (Å²) in [6, 6.07) is 4.93. The predicted octanol–water partition coefficient (Wildman–Crippen LogP) is 1.44. The van der Waals surface area contributed by atoms with Gasteiger partial charge in [0.15, 0.2) is 0 Å². The van der Waals surface area contributed by atoms with Gasteiger partial charge in [0.25, 0.3) is 0 Å². The number of aliphatic carboxylic acids is 1. The van der Waals surface area contributed by atoms with Crippen molar-refractivity contribution in [3.05, 3.63) is 34.9 Å². The van der Waals surface area contributed by atoms with Gasteiger partial charge in [-0.15, -0.1) is 0 Å². The average molecular weight is 235 g/mol. The lowest BCUT2D eigenvalue weighted by molar-refractivity contribution is -0.141. The number of hydrogen-bond donors (Lipinski definition) is 2. The highest BCUT2D eigenvalue weighted by molar-refractivity contribution is 5.84. The van der Waals surface area contributed by atoms with E-state index in [2.05, 4.69) is 5.32 Å². The van der Waals surface area contributed by atoms with Crippen molar-refractivity contribution in [3.8, 4) is 0 Å². The second-order valence-electron chi connectivity index (χ2n) is 4.22. The lowest BCUT2D eigenvalue weighted by atomic mass is 10.0. The summed E-state index contributed by atoms with van der Waals surface area (Å²) in [4.78, 5) is 22.1. The molecule has 0 aliphatic rings. The largest absolute Gasteiger partial charge is 0.480 e. The van der Waals surface area contributed by atoms with Crippen LogP contribution in [0.1, 0.15) is 23.6 Å². The van der Waals surface area contributed by atoms with E-state index in [0.29, 0.717) is 0 Å². The zero-order valence-corrected chi connectivity index (χ0v) is 10.3. The fraction of sp³-hybridized carbons (Fsp3) is 0.385. The zero-order chi connectivity index (χ0) is 13.0. The first-order valence-electron chi connectivity index (χ1n) is 5.48. The van der Waals surface area contributed by atoms with Gasteiger partial charge in [-0.3, -0.25) is 9.59 Å². The highest BCUT2D eigenvalue weighted by Crippen LogP contribution is 2.10. The molecule has 1 rings (SSSR count). The maximum atomic E-state index is 11.5.